The predicted molar refractivity (Wildman–Crippen MR) is 88.3 cm³/mol. The molecule has 0 N–H and O–H groups in total. The Balaban J connectivity index is 1.63. The zero-order valence-electron chi connectivity index (χ0n) is 13.7. The van der Waals surface area contributed by atoms with E-state index >= 15 is 0 Å². The van der Waals surface area contributed by atoms with Crippen LogP contribution in [0.2, 0.25) is 0 Å². The lowest BCUT2D eigenvalue weighted by atomic mass is 9.70. The van der Waals surface area contributed by atoms with Gasteiger partial charge in [-0.15, -0.1) is 11.8 Å². The van der Waals surface area contributed by atoms with Gasteiger partial charge in [0.1, 0.15) is 11.9 Å². The van der Waals surface area contributed by atoms with Crippen molar-refractivity contribution in [3.8, 4) is 5.75 Å². The second-order valence-electron chi connectivity index (χ2n) is 7.24. The summed E-state index contributed by atoms with van der Waals surface area (Å²) >= 11 is 1.66. The molecular formula is C18H24O3S. The Morgan fingerprint density at radius 1 is 1.23 bits per heavy atom. The van der Waals surface area contributed by atoms with Crippen LogP contribution < -0.4 is 4.74 Å². The van der Waals surface area contributed by atoms with Crippen LogP contribution in [-0.2, 0) is 4.74 Å². The van der Waals surface area contributed by atoms with Gasteiger partial charge in [0.25, 0.3) is 0 Å². The number of hydrogen-bond acceptors (Lipinski definition) is 4. The fourth-order valence-corrected chi connectivity index (χ4v) is 4.60. The van der Waals surface area contributed by atoms with E-state index in [-0.39, 0.29) is 16.9 Å². The summed E-state index contributed by atoms with van der Waals surface area (Å²) in [5, 5.41) is 0. The van der Waals surface area contributed by atoms with E-state index in [1.54, 1.807) is 23.9 Å². The summed E-state index contributed by atoms with van der Waals surface area (Å²) in [7, 11) is 0. The first kappa shape index (κ1) is 15.7. The van der Waals surface area contributed by atoms with Gasteiger partial charge in [0.2, 0.25) is 0 Å². The number of hydrogen-bond donors (Lipinski definition) is 0. The van der Waals surface area contributed by atoms with Gasteiger partial charge in [-0.2, -0.15) is 0 Å². The summed E-state index contributed by atoms with van der Waals surface area (Å²) in [5.74, 6) is 1.19. The standard InChI is InChI=1S/C18H24O3S/c1-17(2)12-9-10-18(17,3)15(11-12)21-16(19)20-13-5-7-14(22-4)8-6-13/h5-8,12,15H,9-11H2,1-4H3. The molecule has 3 rings (SSSR count). The zero-order valence-corrected chi connectivity index (χ0v) is 14.5. The molecule has 0 amide bonds. The third-order valence-electron chi connectivity index (χ3n) is 6.21. The van der Waals surface area contributed by atoms with E-state index < -0.39 is 6.16 Å². The molecule has 22 heavy (non-hydrogen) atoms. The maximum atomic E-state index is 12.1. The Hall–Kier alpha value is -1.16. The van der Waals surface area contributed by atoms with Gasteiger partial charge in [-0.25, -0.2) is 4.79 Å². The molecule has 2 saturated carbocycles. The van der Waals surface area contributed by atoms with Gasteiger partial charge in [0, 0.05) is 10.3 Å². The second kappa shape index (κ2) is 5.48. The first-order chi connectivity index (χ1) is 10.4. The topological polar surface area (TPSA) is 35.5 Å². The van der Waals surface area contributed by atoms with Crippen LogP contribution in [0.5, 0.6) is 5.75 Å². The van der Waals surface area contributed by atoms with E-state index in [0.717, 1.165) is 17.7 Å². The van der Waals surface area contributed by atoms with E-state index in [9.17, 15) is 4.79 Å². The van der Waals surface area contributed by atoms with Crippen LogP contribution in [0.25, 0.3) is 0 Å². The smallest absolute Gasteiger partial charge is 0.430 e. The van der Waals surface area contributed by atoms with Gasteiger partial charge < -0.3 is 9.47 Å². The highest BCUT2D eigenvalue weighted by atomic mass is 32.2. The van der Waals surface area contributed by atoms with Gasteiger partial charge >= 0.3 is 6.16 Å². The van der Waals surface area contributed by atoms with Gasteiger partial charge in [-0.1, -0.05) is 20.8 Å². The van der Waals surface area contributed by atoms with Crippen molar-refractivity contribution in [3.63, 3.8) is 0 Å². The first-order valence-corrected chi connectivity index (χ1v) is 9.12. The Bertz CT molecular complexity index is 566. The van der Waals surface area contributed by atoms with Gasteiger partial charge in [0.15, 0.2) is 0 Å². The normalized spacial score (nSPS) is 32.0. The molecule has 1 aromatic rings. The Kier molecular flexibility index (Phi) is 3.92. The highest BCUT2D eigenvalue weighted by Gasteiger charge is 2.63. The minimum Gasteiger partial charge on any atom is -0.430 e. The third kappa shape index (κ3) is 2.41. The lowest BCUT2D eigenvalue weighted by Gasteiger charge is -2.38. The van der Waals surface area contributed by atoms with Crippen molar-refractivity contribution in [2.45, 2.75) is 51.0 Å². The molecule has 3 unspecified atom stereocenters. The van der Waals surface area contributed by atoms with Crippen LogP contribution >= 0.6 is 11.8 Å². The molecule has 0 saturated heterocycles. The van der Waals surface area contributed by atoms with E-state index in [1.807, 2.05) is 18.4 Å². The van der Waals surface area contributed by atoms with E-state index in [2.05, 4.69) is 20.8 Å². The van der Waals surface area contributed by atoms with Crippen LogP contribution in [0.1, 0.15) is 40.0 Å². The molecule has 0 spiro atoms. The zero-order chi connectivity index (χ0) is 16.0. The Morgan fingerprint density at radius 2 is 1.91 bits per heavy atom. The molecule has 3 atom stereocenters. The fourth-order valence-electron chi connectivity index (χ4n) is 4.19. The third-order valence-corrected chi connectivity index (χ3v) is 6.96. The maximum Gasteiger partial charge on any atom is 0.514 e. The maximum absolute atomic E-state index is 12.1. The van der Waals surface area contributed by atoms with Gasteiger partial charge in [-0.05, 0) is 61.1 Å². The lowest BCUT2D eigenvalue weighted by Crippen LogP contribution is -2.38. The van der Waals surface area contributed by atoms with Crippen molar-refractivity contribution in [2.24, 2.45) is 16.7 Å². The quantitative estimate of drug-likeness (QED) is 0.439. The van der Waals surface area contributed by atoms with Crippen molar-refractivity contribution in [2.75, 3.05) is 6.26 Å². The average molecular weight is 320 g/mol. The largest absolute Gasteiger partial charge is 0.514 e. The number of carbonyl (C=O) groups excluding carboxylic acids is 1. The summed E-state index contributed by atoms with van der Waals surface area (Å²) in [4.78, 5) is 13.2. The molecule has 1 aromatic carbocycles. The Labute approximate surface area is 136 Å². The van der Waals surface area contributed by atoms with E-state index in [1.165, 1.54) is 6.42 Å². The number of ether oxygens (including phenoxy) is 2. The summed E-state index contributed by atoms with van der Waals surface area (Å²) in [6.07, 6.45) is 4.75. The van der Waals surface area contributed by atoms with Crippen molar-refractivity contribution >= 4 is 17.9 Å². The number of fused-ring (bicyclic) bond motifs is 2. The average Bonchev–Trinajstić information content (AvgIpc) is 2.81. The van der Waals surface area contributed by atoms with Crippen molar-refractivity contribution < 1.29 is 14.3 Å². The van der Waals surface area contributed by atoms with Crippen molar-refractivity contribution in [1.82, 2.24) is 0 Å². The van der Waals surface area contributed by atoms with Crippen molar-refractivity contribution in [3.05, 3.63) is 24.3 Å². The summed E-state index contributed by atoms with van der Waals surface area (Å²) in [6.45, 7) is 6.87. The summed E-state index contributed by atoms with van der Waals surface area (Å²) in [6, 6.07) is 7.49. The van der Waals surface area contributed by atoms with Crippen LogP contribution in [0.4, 0.5) is 4.79 Å². The number of carbonyl (C=O) groups is 1. The molecule has 0 aliphatic heterocycles. The summed E-state index contributed by atoms with van der Waals surface area (Å²) < 4.78 is 11.0. The van der Waals surface area contributed by atoms with E-state index in [0.29, 0.717) is 11.7 Å². The van der Waals surface area contributed by atoms with Crippen LogP contribution in [-0.4, -0.2) is 18.5 Å². The molecule has 2 bridgehead atoms. The fraction of sp³-hybridized carbons (Fsp3) is 0.611. The lowest BCUT2D eigenvalue weighted by molar-refractivity contribution is -0.0220. The van der Waals surface area contributed by atoms with Crippen molar-refractivity contribution in [1.29, 1.82) is 0 Å². The van der Waals surface area contributed by atoms with E-state index in [4.69, 9.17) is 9.47 Å². The molecule has 2 aliphatic rings. The number of benzene rings is 1. The second-order valence-corrected chi connectivity index (χ2v) is 8.12. The molecule has 0 radical (unpaired) electrons. The molecule has 2 aliphatic carbocycles. The van der Waals surface area contributed by atoms with Crippen LogP contribution in [0, 0.1) is 16.7 Å². The summed E-state index contributed by atoms with van der Waals surface area (Å²) in [5.41, 5.74) is 0.303. The first-order valence-electron chi connectivity index (χ1n) is 7.89. The van der Waals surface area contributed by atoms with Gasteiger partial charge in [-0.3, -0.25) is 0 Å². The van der Waals surface area contributed by atoms with Crippen LogP contribution in [0.3, 0.4) is 0 Å². The molecule has 0 aromatic heterocycles. The highest BCUT2D eigenvalue weighted by Crippen LogP contribution is 2.66. The number of thioether (sulfide) groups is 1. The molecule has 120 valence electrons. The SMILES string of the molecule is CSc1ccc(OC(=O)OC2CC3CCC2(C)C3(C)C)cc1. The Morgan fingerprint density at radius 3 is 2.41 bits per heavy atom. The number of rotatable bonds is 3. The van der Waals surface area contributed by atoms with Gasteiger partial charge in [0.05, 0.1) is 0 Å². The molecular weight excluding hydrogens is 296 g/mol. The van der Waals surface area contributed by atoms with Crippen LogP contribution in [0.15, 0.2) is 29.2 Å². The molecule has 0 heterocycles. The molecule has 3 nitrogen and oxygen atoms in total. The minimum absolute atomic E-state index is 0.0285. The molecule has 4 heteroatoms. The predicted octanol–water partition coefficient (Wildman–Crippen LogP) is 5.14. The monoisotopic (exact) mass is 320 g/mol. The molecule has 2 fully saturated rings. The highest BCUT2D eigenvalue weighted by molar-refractivity contribution is 7.98. The minimum atomic E-state index is -0.577.